The van der Waals surface area contributed by atoms with Gasteiger partial charge in [-0.3, -0.25) is 19.3 Å². The summed E-state index contributed by atoms with van der Waals surface area (Å²) in [7, 11) is 0. The first-order valence-corrected chi connectivity index (χ1v) is 10.5. The van der Waals surface area contributed by atoms with E-state index >= 15 is 0 Å². The van der Waals surface area contributed by atoms with Gasteiger partial charge in [0.15, 0.2) is 6.61 Å². The Hall–Kier alpha value is -3.55. The van der Waals surface area contributed by atoms with Crippen LogP contribution < -0.4 is 10.2 Å². The van der Waals surface area contributed by atoms with E-state index in [2.05, 4.69) is 12.2 Å². The van der Waals surface area contributed by atoms with Gasteiger partial charge in [0.1, 0.15) is 5.82 Å². The van der Waals surface area contributed by atoms with Crippen LogP contribution in [-0.4, -0.2) is 30.3 Å². The Kier molecular flexibility index (Phi) is 6.03. The number of ether oxygens (including phenoxy) is 1. The fourth-order valence-corrected chi connectivity index (χ4v) is 4.34. The normalized spacial score (nSPS) is 22.4. The van der Waals surface area contributed by atoms with Crippen molar-refractivity contribution < 1.29 is 28.3 Å². The number of esters is 1. The maximum absolute atomic E-state index is 12.9. The van der Waals surface area contributed by atoms with Gasteiger partial charge in [0.25, 0.3) is 5.91 Å². The minimum Gasteiger partial charge on any atom is -0.452 e. The lowest BCUT2D eigenvalue weighted by atomic mass is 9.76. The average Bonchev–Trinajstić information content (AvgIpc) is 3.03. The highest BCUT2D eigenvalue weighted by Crippen LogP contribution is 2.42. The largest absolute Gasteiger partial charge is 0.452 e. The quantitative estimate of drug-likeness (QED) is 0.569. The maximum atomic E-state index is 12.9. The van der Waals surface area contributed by atoms with Gasteiger partial charge in [0.2, 0.25) is 11.8 Å². The van der Waals surface area contributed by atoms with Crippen molar-refractivity contribution >= 4 is 35.1 Å². The number of imide groups is 1. The van der Waals surface area contributed by atoms with E-state index in [9.17, 15) is 23.6 Å². The molecule has 2 aromatic rings. The van der Waals surface area contributed by atoms with E-state index in [1.54, 1.807) is 0 Å². The summed E-state index contributed by atoms with van der Waals surface area (Å²) in [5.74, 6) is -2.18. The predicted octanol–water partition coefficient (Wildman–Crippen LogP) is 3.55. The molecular formula is C24H23FN2O5. The Bertz CT molecular complexity index is 1050. The monoisotopic (exact) mass is 438 g/mol. The topological polar surface area (TPSA) is 92.8 Å². The molecule has 3 atom stereocenters. The third-order valence-corrected chi connectivity index (χ3v) is 6.01. The van der Waals surface area contributed by atoms with Crippen LogP contribution in [0.5, 0.6) is 0 Å². The molecule has 0 radical (unpaired) electrons. The zero-order valence-corrected chi connectivity index (χ0v) is 17.5. The van der Waals surface area contributed by atoms with Gasteiger partial charge in [0.05, 0.1) is 23.1 Å². The first-order valence-electron chi connectivity index (χ1n) is 10.5. The molecule has 2 fully saturated rings. The molecule has 8 heteroatoms. The van der Waals surface area contributed by atoms with E-state index in [1.807, 2.05) is 0 Å². The molecule has 1 N–H and O–H groups in total. The molecule has 166 valence electrons. The number of nitrogens with zero attached hydrogens (tertiary/aromatic N) is 1. The number of fused-ring (bicyclic) bond motifs is 1. The molecule has 1 heterocycles. The fourth-order valence-electron chi connectivity index (χ4n) is 4.34. The molecule has 3 amide bonds. The molecule has 32 heavy (non-hydrogen) atoms. The molecule has 1 aliphatic heterocycles. The van der Waals surface area contributed by atoms with Crippen molar-refractivity contribution in [1.82, 2.24) is 0 Å². The van der Waals surface area contributed by atoms with Crippen molar-refractivity contribution in [3.63, 3.8) is 0 Å². The van der Waals surface area contributed by atoms with E-state index in [0.29, 0.717) is 17.3 Å². The summed E-state index contributed by atoms with van der Waals surface area (Å²) < 4.78 is 17.9. The van der Waals surface area contributed by atoms with E-state index in [-0.39, 0.29) is 29.2 Å². The molecule has 0 bridgehead atoms. The second-order valence-electron chi connectivity index (χ2n) is 8.32. The molecule has 0 spiro atoms. The summed E-state index contributed by atoms with van der Waals surface area (Å²) in [5.41, 5.74) is 0.993. The summed E-state index contributed by atoms with van der Waals surface area (Å²) in [5, 5.41) is 2.49. The van der Waals surface area contributed by atoms with Gasteiger partial charge in [-0.15, -0.1) is 0 Å². The highest BCUT2D eigenvalue weighted by molar-refractivity contribution is 6.22. The Labute approximate surface area is 184 Å². The van der Waals surface area contributed by atoms with Crippen molar-refractivity contribution in [2.24, 2.45) is 17.8 Å². The van der Waals surface area contributed by atoms with Crippen molar-refractivity contribution in [2.45, 2.75) is 26.2 Å². The summed E-state index contributed by atoms with van der Waals surface area (Å²) >= 11 is 0. The Balaban J connectivity index is 1.35. The number of hydrogen-bond acceptors (Lipinski definition) is 5. The van der Waals surface area contributed by atoms with Gasteiger partial charge < -0.3 is 10.1 Å². The predicted molar refractivity (Wildman–Crippen MR) is 114 cm³/mol. The smallest absolute Gasteiger partial charge is 0.338 e. The van der Waals surface area contributed by atoms with Crippen molar-refractivity contribution in [3.8, 4) is 0 Å². The summed E-state index contributed by atoms with van der Waals surface area (Å²) in [6.07, 6.45) is 2.38. The molecule has 1 aliphatic carbocycles. The molecule has 0 aromatic heterocycles. The minimum absolute atomic E-state index is 0.181. The van der Waals surface area contributed by atoms with Crippen LogP contribution in [0.15, 0.2) is 48.5 Å². The van der Waals surface area contributed by atoms with Gasteiger partial charge in [-0.2, -0.15) is 0 Å². The molecule has 4 rings (SSSR count). The van der Waals surface area contributed by atoms with E-state index in [1.165, 1.54) is 53.4 Å². The summed E-state index contributed by atoms with van der Waals surface area (Å²) in [6, 6.07) is 11.2. The Morgan fingerprint density at radius 1 is 1.00 bits per heavy atom. The number of rotatable bonds is 5. The van der Waals surface area contributed by atoms with Crippen LogP contribution in [-0.2, 0) is 19.1 Å². The van der Waals surface area contributed by atoms with Crippen molar-refractivity contribution in [1.29, 1.82) is 0 Å². The van der Waals surface area contributed by atoms with Gasteiger partial charge in [-0.05, 0) is 73.7 Å². The number of hydrogen-bond donors (Lipinski definition) is 1. The third-order valence-electron chi connectivity index (χ3n) is 6.01. The van der Waals surface area contributed by atoms with Gasteiger partial charge >= 0.3 is 5.97 Å². The lowest BCUT2D eigenvalue weighted by molar-refractivity contribution is -0.122. The molecule has 2 aliphatic rings. The van der Waals surface area contributed by atoms with E-state index < -0.39 is 24.3 Å². The zero-order valence-electron chi connectivity index (χ0n) is 17.5. The molecule has 0 unspecified atom stereocenters. The van der Waals surface area contributed by atoms with Gasteiger partial charge in [-0.25, -0.2) is 9.18 Å². The Morgan fingerprint density at radius 3 is 2.34 bits per heavy atom. The number of halogens is 1. The van der Waals surface area contributed by atoms with Crippen LogP contribution in [0.25, 0.3) is 0 Å². The zero-order chi connectivity index (χ0) is 22.8. The van der Waals surface area contributed by atoms with Crippen LogP contribution in [0.4, 0.5) is 15.8 Å². The van der Waals surface area contributed by atoms with Crippen LogP contribution >= 0.6 is 0 Å². The van der Waals surface area contributed by atoms with Crippen LogP contribution in [0.2, 0.25) is 0 Å². The number of amides is 3. The SMILES string of the molecule is C[C@@H]1CC[C@@H]2C(=O)N(c3ccc(C(=O)OCC(=O)Nc4ccc(F)cc4)cc3)C(=O)[C@@H]2C1. The number of carbonyl (C=O) groups is 4. The number of carbonyl (C=O) groups excluding carboxylic acids is 4. The number of anilines is 2. The lowest BCUT2D eigenvalue weighted by Crippen LogP contribution is -2.30. The van der Waals surface area contributed by atoms with Gasteiger partial charge in [0, 0.05) is 5.69 Å². The van der Waals surface area contributed by atoms with Crippen LogP contribution in [0.1, 0.15) is 36.5 Å². The first kappa shape index (κ1) is 21.7. The number of benzene rings is 2. The maximum Gasteiger partial charge on any atom is 0.338 e. The number of nitrogens with one attached hydrogen (secondary N) is 1. The van der Waals surface area contributed by atoms with Crippen LogP contribution in [0, 0.1) is 23.6 Å². The van der Waals surface area contributed by atoms with Crippen molar-refractivity contribution in [3.05, 3.63) is 59.9 Å². The lowest BCUT2D eigenvalue weighted by Gasteiger charge is -2.25. The molecule has 1 saturated carbocycles. The molecular weight excluding hydrogens is 415 g/mol. The minimum atomic E-state index is -0.715. The van der Waals surface area contributed by atoms with Gasteiger partial charge in [-0.1, -0.05) is 6.92 Å². The molecule has 2 aromatic carbocycles. The Morgan fingerprint density at radius 2 is 1.66 bits per heavy atom. The summed E-state index contributed by atoms with van der Waals surface area (Å²) in [4.78, 5) is 51.0. The fraction of sp³-hybridized carbons (Fsp3) is 0.333. The standard InChI is InChI=1S/C24H23FN2O5/c1-14-2-11-19-20(12-14)23(30)27(22(19)29)18-9-3-15(4-10-18)24(31)32-13-21(28)26-17-7-5-16(25)6-8-17/h3-10,14,19-20H,2,11-13H2,1H3,(H,26,28)/t14-,19+,20-/m1/s1. The summed E-state index contributed by atoms with van der Waals surface area (Å²) in [6.45, 7) is 1.58. The molecule has 1 saturated heterocycles. The molecule has 7 nitrogen and oxygen atoms in total. The second kappa shape index (κ2) is 8.90. The van der Waals surface area contributed by atoms with E-state index in [0.717, 1.165) is 19.3 Å². The highest BCUT2D eigenvalue weighted by atomic mass is 19.1. The third kappa shape index (κ3) is 4.39. The van der Waals surface area contributed by atoms with Crippen molar-refractivity contribution in [2.75, 3.05) is 16.8 Å². The average molecular weight is 438 g/mol. The highest BCUT2D eigenvalue weighted by Gasteiger charge is 2.49. The van der Waals surface area contributed by atoms with Crippen LogP contribution in [0.3, 0.4) is 0 Å². The van der Waals surface area contributed by atoms with E-state index in [4.69, 9.17) is 4.74 Å². The second-order valence-corrected chi connectivity index (χ2v) is 8.32. The first-order chi connectivity index (χ1) is 15.3.